The SMILES string of the molecule is CC(C)N(N=Nc1c(C(F)(F)C(F)(F)F)cc(Br)cc1C(F)(F)C(F)(F)F)C(C)C. The Bertz CT molecular complexity index is 729. The number of benzene rings is 1. The Labute approximate surface area is 173 Å². The van der Waals surface area contributed by atoms with Crippen molar-refractivity contribution in [3.05, 3.63) is 27.7 Å². The van der Waals surface area contributed by atoms with Crippen LogP contribution in [0.5, 0.6) is 0 Å². The van der Waals surface area contributed by atoms with Crippen LogP contribution < -0.4 is 0 Å². The molecule has 0 aliphatic heterocycles. The smallest absolute Gasteiger partial charge is 0.273 e. The van der Waals surface area contributed by atoms with Gasteiger partial charge in [-0.3, -0.25) is 5.01 Å². The van der Waals surface area contributed by atoms with Crippen molar-refractivity contribution < 1.29 is 43.9 Å². The van der Waals surface area contributed by atoms with E-state index in [0.717, 1.165) is 5.01 Å². The molecule has 0 aromatic heterocycles. The van der Waals surface area contributed by atoms with Gasteiger partial charge in [0.1, 0.15) is 5.69 Å². The second kappa shape index (κ2) is 8.50. The molecule has 0 atom stereocenters. The van der Waals surface area contributed by atoms with Crippen LogP contribution in [0.1, 0.15) is 38.8 Å². The summed E-state index contributed by atoms with van der Waals surface area (Å²) in [6, 6.07) is -0.899. The van der Waals surface area contributed by atoms with Crippen molar-refractivity contribution in [1.29, 1.82) is 0 Å². The minimum Gasteiger partial charge on any atom is -0.273 e. The van der Waals surface area contributed by atoms with Gasteiger partial charge in [-0.1, -0.05) is 21.2 Å². The number of halogens is 11. The Balaban J connectivity index is 3.97. The van der Waals surface area contributed by atoms with Crippen LogP contribution in [0.15, 0.2) is 26.9 Å². The Morgan fingerprint density at radius 1 is 0.733 bits per heavy atom. The molecule has 0 heterocycles. The van der Waals surface area contributed by atoms with Gasteiger partial charge in [0.25, 0.3) is 0 Å². The summed E-state index contributed by atoms with van der Waals surface area (Å²) in [7, 11) is 0. The highest BCUT2D eigenvalue weighted by Crippen LogP contribution is 2.54. The van der Waals surface area contributed by atoms with E-state index in [1.54, 1.807) is 0 Å². The van der Waals surface area contributed by atoms with E-state index in [2.05, 4.69) is 26.3 Å². The normalized spacial score (nSPS) is 14.3. The lowest BCUT2D eigenvalue weighted by atomic mass is 9.97. The maximum atomic E-state index is 14.0. The zero-order valence-electron chi connectivity index (χ0n) is 15.8. The molecule has 30 heavy (non-hydrogen) atoms. The van der Waals surface area contributed by atoms with Crippen molar-refractivity contribution in [2.24, 2.45) is 10.3 Å². The molecule has 0 bridgehead atoms. The third kappa shape index (κ3) is 5.17. The monoisotopic (exact) mass is 519 g/mol. The maximum Gasteiger partial charge on any atom is 0.458 e. The molecule has 0 aliphatic carbocycles. The minimum absolute atomic E-state index is 0.0763. The van der Waals surface area contributed by atoms with E-state index >= 15 is 0 Å². The summed E-state index contributed by atoms with van der Waals surface area (Å²) in [5.41, 5.74) is -6.31. The zero-order valence-corrected chi connectivity index (χ0v) is 17.4. The second-order valence-corrected chi connectivity index (χ2v) is 7.67. The van der Waals surface area contributed by atoms with E-state index < -0.39 is 57.6 Å². The summed E-state index contributed by atoms with van der Waals surface area (Å²) in [6.07, 6.45) is -12.6. The fourth-order valence-electron chi connectivity index (χ4n) is 2.39. The number of rotatable bonds is 6. The third-order valence-electron chi connectivity index (χ3n) is 3.77. The molecule has 0 fully saturated rings. The lowest BCUT2D eigenvalue weighted by molar-refractivity contribution is -0.291. The van der Waals surface area contributed by atoms with Crippen molar-refractivity contribution in [1.82, 2.24) is 5.01 Å². The van der Waals surface area contributed by atoms with Gasteiger partial charge in [-0.25, -0.2) is 0 Å². The molecule has 1 aromatic carbocycles. The Morgan fingerprint density at radius 3 is 1.33 bits per heavy atom. The Morgan fingerprint density at radius 2 is 1.07 bits per heavy atom. The van der Waals surface area contributed by atoms with Crippen LogP contribution in [0.25, 0.3) is 0 Å². The Kier molecular flexibility index (Phi) is 7.49. The quantitative estimate of drug-likeness (QED) is 0.213. The largest absolute Gasteiger partial charge is 0.458 e. The van der Waals surface area contributed by atoms with Gasteiger partial charge in [-0.05, 0) is 39.8 Å². The fraction of sp³-hybridized carbons (Fsp3) is 0.625. The predicted octanol–water partition coefficient (Wildman–Crippen LogP) is 7.87. The van der Waals surface area contributed by atoms with E-state index in [0.29, 0.717) is 0 Å². The van der Waals surface area contributed by atoms with Crippen LogP contribution in [0, 0.1) is 0 Å². The van der Waals surface area contributed by atoms with Crippen LogP contribution in [0.4, 0.5) is 49.6 Å². The molecular formula is C16H16BrF10N3. The number of nitrogens with zero attached hydrogens (tertiary/aromatic N) is 3. The first kappa shape index (κ1) is 26.4. The first-order chi connectivity index (χ1) is 13.2. The number of hydrogen-bond acceptors (Lipinski definition) is 2. The van der Waals surface area contributed by atoms with Gasteiger partial charge < -0.3 is 0 Å². The molecule has 1 aromatic rings. The lowest BCUT2D eigenvalue weighted by Gasteiger charge is -2.28. The highest BCUT2D eigenvalue weighted by Gasteiger charge is 2.63. The van der Waals surface area contributed by atoms with Crippen LogP contribution >= 0.6 is 15.9 Å². The van der Waals surface area contributed by atoms with Gasteiger partial charge in [0.15, 0.2) is 0 Å². The third-order valence-corrected chi connectivity index (χ3v) is 4.23. The zero-order chi connectivity index (χ0) is 23.9. The molecule has 3 nitrogen and oxygen atoms in total. The Hall–Kier alpha value is -1.60. The first-order valence-electron chi connectivity index (χ1n) is 8.18. The van der Waals surface area contributed by atoms with E-state index in [4.69, 9.17) is 0 Å². The summed E-state index contributed by atoms with van der Waals surface area (Å²) < 4.78 is 133. The van der Waals surface area contributed by atoms with Crippen molar-refractivity contribution in [3.8, 4) is 0 Å². The van der Waals surface area contributed by atoms with Gasteiger partial charge in [0.05, 0.1) is 11.1 Å². The van der Waals surface area contributed by atoms with Crippen LogP contribution in [-0.2, 0) is 11.8 Å². The highest BCUT2D eigenvalue weighted by atomic mass is 79.9. The molecule has 0 aliphatic rings. The molecule has 0 radical (unpaired) electrons. The molecule has 0 saturated heterocycles. The van der Waals surface area contributed by atoms with Crippen LogP contribution in [-0.4, -0.2) is 29.4 Å². The molecule has 0 N–H and O–H groups in total. The van der Waals surface area contributed by atoms with Crippen molar-refractivity contribution in [2.75, 3.05) is 0 Å². The highest BCUT2D eigenvalue weighted by molar-refractivity contribution is 9.10. The van der Waals surface area contributed by atoms with Gasteiger partial charge in [0.2, 0.25) is 0 Å². The van der Waals surface area contributed by atoms with Gasteiger partial charge in [-0.2, -0.15) is 43.9 Å². The average Bonchev–Trinajstić information content (AvgIpc) is 2.52. The van der Waals surface area contributed by atoms with Gasteiger partial charge >= 0.3 is 24.2 Å². The van der Waals surface area contributed by atoms with Crippen LogP contribution in [0.2, 0.25) is 0 Å². The molecule has 0 spiro atoms. The topological polar surface area (TPSA) is 28.0 Å². The van der Waals surface area contributed by atoms with E-state index in [-0.39, 0.29) is 12.1 Å². The molecule has 0 saturated carbocycles. The molecule has 1 rings (SSSR count). The van der Waals surface area contributed by atoms with E-state index in [1.165, 1.54) is 27.7 Å². The standard InChI is InChI=1S/C16H16BrF10N3/c1-7(2)30(8(3)4)29-28-12-10(13(18,19)15(22,23)24)5-9(17)6-11(12)14(20,21)16(25,26)27/h5-8H,1-4H3. The second-order valence-electron chi connectivity index (χ2n) is 6.75. The van der Waals surface area contributed by atoms with E-state index in [9.17, 15) is 43.9 Å². The first-order valence-corrected chi connectivity index (χ1v) is 8.98. The average molecular weight is 520 g/mol. The van der Waals surface area contributed by atoms with Crippen molar-refractivity contribution >= 4 is 21.6 Å². The summed E-state index contributed by atoms with van der Waals surface area (Å²) in [4.78, 5) is 0. The molecular weight excluding hydrogens is 504 g/mol. The molecule has 0 amide bonds. The summed E-state index contributed by atoms with van der Waals surface area (Å²) >= 11 is 2.41. The van der Waals surface area contributed by atoms with Gasteiger partial charge in [-0.15, -0.1) is 5.11 Å². The van der Waals surface area contributed by atoms with Crippen molar-refractivity contribution in [2.45, 2.75) is 64.0 Å². The minimum atomic E-state index is -6.29. The molecule has 0 unspecified atom stereocenters. The summed E-state index contributed by atoms with van der Waals surface area (Å²) in [5.74, 6) is -11.6. The fourth-order valence-corrected chi connectivity index (χ4v) is 2.85. The summed E-state index contributed by atoms with van der Waals surface area (Å²) in [5, 5.41) is 7.43. The maximum absolute atomic E-state index is 14.0. The number of hydrogen-bond donors (Lipinski definition) is 0. The van der Waals surface area contributed by atoms with E-state index in [1.807, 2.05) is 0 Å². The molecule has 14 heteroatoms. The number of alkyl halides is 10. The van der Waals surface area contributed by atoms with Crippen molar-refractivity contribution in [3.63, 3.8) is 0 Å². The molecule has 172 valence electrons. The summed E-state index contributed by atoms with van der Waals surface area (Å²) in [6.45, 7) is 6.04. The van der Waals surface area contributed by atoms with Crippen LogP contribution in [0.3, 0.4) is 0 Å². The van der Waals surface area contributed by atoms with Gasteiger partial charge in [0, 0.05) is 16.6 Å². The predicted molar refractivity (Wildman–Crippen MR) is 90.7 cm³/mol. The lowest BCUT2D eigenvalue weighted by Crippen LogP contribution is -2.37.